The molecule has 2 aromatic heterocycles. The Morgan fingerprint density at radius 1 is 1.17 bits per heavy atom. The second kappa shape index (κ2) is 7.27. The fourth-order valence-corrected chi connectivity index (χ4v) is 3.09. The molecular formula is C17H14F2N2O2S. The minimum absolute atomic E-state index is 0.0598. The van der Waals surface area contributed by atoms with Gasteiger partial charge in [-0.15, -0.1) is 11.3 Å². The van der Waals surface area contributed by atoms with Crippen LogP contribution in [0.2, 0.25) is 0 Å². The third kappa shape index (κ3) is 3.62. The van der Waals surface area contributed by atoms with Gasteiger partial charge < -0.3 is 14.6 Å². The van der Waals surface area contributed by atoms with Gasteiger partial charge in [0.05, 0.1) is 5.69 Å². The van der Waals surface area contributed by atoms with Gasteiger partial charge in [0.1, 0.15) is 10.6 Å². The standard InChI is InChI=1S/C17H14F2N2O2S/c18-17(19)23-14-6-2-1-5-12(14)11-20-16(22)15-13(7-10-24-15)21-8-3-4-9-21/h1-10,17H,11H2,(H,20,22). The molecular weight excluding hydrogens is 334 g/mol. The maximum absolute atomic E-state index is 12.4. The van der Waals surface area contributed by atoms with E-state index < -0.39 is 6.61 Å². The lowest BCUT2D eigenvalue weighted by Crippen LogP contribution is -2.23. The number of hydrogen-bond acceptors (Lipinski definition) is 3. The molecule has 0 spiro atoms. The molecule has 0 aliphatic heterocycles. The zero-order valence-corrected chi connectivity index (χ0v) is 13.3. The van der Waals surface area contributed by atoms with Gasteiger partial charge in [-0.25, -0.2) is 0 Å². The maximum Gasteiger partial charge on any atom is 0.387 e. The Hall–Kier alpha value is -2.67. The Morgan fingerprint density at radius 3 is 2.67 bits per heavy atom. The van der Waals surface area contributed by atoms with E-state index in [0.717, 1.165) is 5.69 Å². The van der Waals surface area contributed by atoms with Gasteiger partial charge >= 0.3 is 6.61 Å². The van der Waals surface area contributed by atoms with Crippen LogP contribution in [-0.4, -0.2) is 17.1 Å². The van der Waals surface area contributed by atoms with E-state index in [9.17, 15) is 13.6 Å². The summed E-state index contributed by atoms with van der Waals surface area (Å²) in [7, 11) is 0. The normalized spacial score (nSPS) is 10.8. The van der Waals surface area contributed by atoms with Crippen molar-refractivity contribution in [1.82, 2.24) is 9.88 Å². The van der Waals surface area contributed by atoms with Crippen LogP contribution in [0.1, 0.15) is 15.2 Å². The minimum atomic E-state index is -2.90. The molecule has 0 fully saturated rings. The molecule has 0 aliphatic carbocycles. The molecule has 124 valence electrons. The Morgan fingerprint density at radius 2 is 1.92 bits per heavy atom. The van der Waals surface area contributed by atoms with Crippen molar-refractivity contribution in [3.05, 3.63) is 70.7 Å². The lowest BCUT2D eigenvalue weighted by atomic mass is 10.2. The summed E-state index contributed by atoms with van der Waals surface area (Å²) in [5, 5.41) is 4.58. The number of carbonyl (C=O) groups excluding carboxylic acids is 1. The number of nitrogens with zero attached hydrogens (tertiary/aromatic N) is 1. The van der Waals surface area contributed by atoms with Gasteiger partial charge in [0, 0.05) is 24.5 Å². The Balaban J connectivity index is 1.72. The predicted octanol–water partition coefficient (Wildman–Crippen LogP) is 4.07. The third-order valence-electron chi connectivity index (χ3n) is 3.36. The van der Waals surface area contributed by atoms with Crippen molar-refractivity contribution in [2.24, 2.45) is 0 Å². The van der Waals surface area contributed by atoms with E-state index in [4.69, 9.17) is 0 Å². The molecule has 1 aromatic carbocycles. The Bertz CT molecular complexity index is 816. The van der Waals surface area contributed by atoms with E-state index >= 15 is 0 Å². The molecule has 24 heavy (non-hydrogen) atoms. The number of carbonyl (C=O) groups is 1. The van der Waals surface area contributed by atoms with Gasteiger partial charge in [0.25, 0.3) is 5.91 Å². The molecule has 0 saturated heterocycles. The zero-order valence-electron chi connectivity index (χ0n) is 12.5. The Labute approximate surface area is 141 Å². The van der Waals surface area contributed by atoms with Crippen LogP contribution in [0.4, 0.5) is 8.78 Å². The number of thiophene rings is 1. The van der Waals surface area contributed by atoms with Crippen molar-refractivity contribution in [1.29, 1.82) is 0 Å². The number of rotatable bonds is 6. The van der Waals surface area contributed by atoms with Crippen LogP contribution >= 0.6 is 11.3 Å². The highest BCUT2D eigenvalue weighted by atomic mass is 32.1. The number of para-hydroxylation sites is 1. The summed E-state index contributed by atoms with van der Waals surface area (Å²) in [5.74, 6) is -0.204. The minimum Gasteiger partial charge on any atom is -0.434 e. The van der Waals surface area contributed by atoms with Gasteiger partial charge in [-0.2, -0.15) is 8.78 Å². The monoisotopic (exact) mass is 348 g/mol. The van der Waals surface area contributed by atoms with Crippen molar-refractivity contribution in [2.45, 2.75) is 13.2 Å². The molecule has 0 bridgehead atoms. The van der Waals surface area contributed by atoms with Gasteiger partial charge in [-0.1, -0.05) is 18.2 Å². The number of alkyl halides is 2. The number of nitrogens with one attached hydrogen (secondary N) is 1. The molecule has 4 nitrogen and oxygen atoms in total. The van der Waals surface area contributed by atoms with E-state index in [-0.39, 0.29) is 18.2 Å². The SMILES string of the molecule is O=C(NCc1ccccc1OC(F)F)c1sccc1-n1cccc1. The van der Waals surface area contributed by atoms with Crippen LogP contribution in [-0.2, 0) is 6.54 Å². The molecule has 7 heteroatoms. The quantitative estimate of drug-likeness (QED) is 0.730. The highest BCUT2D eigenvalue weighted by Gasteiger charge is 2.15. The van der Waals surface area contributed by atoms with E-state index in [1.54, 1.807) is 18.2 Å². The number of amides is 1. The predicted molar refractivity (Wildman–Crippen MR) is 87.9 cm³/mol. The zero-order chi connectivity index (χ0) is 16.9. The average molecular weight is 348 g/mol. The van der Waals surface area contributed by atoms with Gasteiger partial charge in [0.2, 0.25) is 0 Å². The van der Waals surface area contributed by atoms with Crippen LogP contribution in [0.5, 0.6) is 5.75 Å². The van der Waals surface area contributed by atoms with Gasteiger partial charge in [-0.05, 0) is 29.6 Å². The summed E-state index contributed by atoms with van der Waals surface area (Å²) in [6.07, 6.45) is 3.70. The van der Waals surface area contributed by atoms with Crippen molar-refractivity contribution < 1.29 is 18.3 Å². The highest BCUT2D eigenvalue weighted by molar-refractivity contribution is 7.12. The molecule has 3 aromatic rings. The lowest BCUT2D eigenvalue weighted by molar-refractivity contribution is -0.0504. The molecule has 2 heterocycles. The van der Waals surface area contributed by atoms with E-state index in [2.05, 4.69) is 10.1 Å². The Kier molecular flexibility index (Phi) is 4.90. The average Bonchev–Trinajstić information content (AvgIpc) is 3.23. The number of ether oxygens (including phenoxy) is 1. The molecule has 1 amide bonds. The maximum atomic E-state index is 12.4. The van der Waals surface area contributed by atoms with Crippen LogP contribution in [0, 0.1) is 0 Å². The van der Waals surface area contributed by atoms with Crippen molar-refractivity contribution in [3.63, 3.8) is 0 Å². The highest BCUT2D eigenvalue weighted by Crippen LogP contribution is 2.23. The summed E-state index contributed by atoms with van der Waals surface area (Å²) in [6.45, 7) is -2.80. The fraction of sp³-hybridized carbons (Fsp3) is 0.118. The summed E-state index contributed by atoms with van der Waals surface area (Å²) < 4.78 is 31.2. The van der Waals surface area contributed by atoms with Gasteiger partial charge in [0.15, 0.2) is 0 Å². The summed E-state index contributed by atoms with van der Waals surface area (Å²) >= 11 is 1.32. The largest absolute Gasteiger partial charge is 0.434 e. The van der Waals surface area contributed by atoms with E-state index in [0.29, 0.717) is 10.4 Å². The first-order chi connectivity index (χ1) is 11.6. The smallest absolute Gasteiger partial charge is 0.387 e. The first kappa shape index (κ1) is 16.2. The second-order valence-corrected chi connectivity index (χ2v) is 5.81. The molecule has 1 N–H and O–H groups in total. The van der Waals surface area contributed by atoms with Crippen molar-refractivity contribution in [3.8, 4) is 11.4 Å². The number of aromatic nitrogens is 1. The summed E-state index contributed by atoms with van der Waals surface area (Å²) in [5.41, 5.74) is 1.27. The molecule has 3 rings (SSSR count). The topological polar surface area (TPSA) is 43.3 Å². The number of hydrogen-bond donors (Lipinski definition) is 1. The lowest BCUT2D eigenvalue weighted by Gasteiger charge is -2.11. The summed E-state index contributed by atoms with van der Waals surface area (Å²) in [4.78, 5) is 13.0. The van der Waals surface area contributed by atoms with E-state index in [1.165, 1.54) is 17.4 Å². The molecule has 0 aliphatic rings. The van der Waals surface area contributed by atoms with Crippen LogP contribution in [0.15, 0.2) is 60.2 Å². The van der Waals surface area contributed by atoms with Crippen LogP contribution in [0.25, 0.3) is 5.69 Å². The van der Waals surface area contributed by atoms with Crippen molar-refractivity contribution >= 4 is 17.2 Å². The van der Waals surface area contributed by atoms with Gasteiger partial charge in [-0.3, -0.25) is 4.79 Å². The van der Waals surface area contributed by atoms with Crippen LogP contribution < -0.4 is 10.1 Å². The second-order valence-electron chi connectivity index (χ2n) is 4.89. The molecule has 0 unspecified atom stereocenters. The number of halogens is 2. The third-order valence-corrected chi connectivity index (χ3v) is 4.26. The first-order valence-corrected chi connectivity index (χ1v) is 8.05. The van der Waals surface area contributed by atoms with Crippen molar-refractivity contribution in [2.75, 3.05) is 0 Å². The summed E-state index contributed by atoms with van der Waals surface area (Å²) in [6, 6.07) is 12.0. The molecule has 0 saturated carbocycles. The molecule has 0 radical (unpaired) electrons. The molecule has 0 atom stereocenters. The first-order valence-electron chi connectivity index (χ1n) is 7.17. The van der Waals surface area contributed by atoms with Crippen LogP contribution in [0.3, 0.4) is 0 Å². The van der Waals surface area contributed by atoms with E-state index in [1.807, 2.05) is 40.5 Å². The fourth-order valence-electron chi connectivity index (χ4n) is 2.29. The number of benzene rings is 1.